The molecule has 0 N–H and O–H groups in total. The van der Waals surface area contributed by atoms with Crippen LogP contribution < -0.4 is 0 Å². The van der Waals surface area contributed by atoms with Gasteiger partial charge in [-0.2, -0.15) is 5.26 Å². The van der Waals surface area contributed by atoms with E-state index in [9.17, 15) is 10.1 Å². The molecule has 0 aromatic carbocycles. The molecule has 0 radical (unpaired) electrons. The predicted octanol–water partition coefficient (Wildman–Crippen LogP) is 6.00. The van der Waals surface area contributed by atoms with E-state index in [-0.39, 0.29) is 17.5 Å². The Bertz CT molecular complexity index is 610. The molecule has 0 unspecified atom stereocenters. The Morgan fingerprint density at radius 3 is 2.52 bits per heavy atom. The van der Waals surface area contributed by atoms with Crippen molar-refractivity contribution in [2.75, 3.05) is 0 Å². The lowest BCUT2D eigenvalue weighted by atomic mass is 9.71. The van der Waals surface area contributed by atoms with Crippen LogP contribution in [0.15, 0.2) is 18.3 Å². The van der Waals surface area contributed by atoms with E-state index in [2.05, 4.69) is 24.9 Å². The van der Waals surface area contributed by atoms with Crippen molar-refractivity contribution in [1.29, 1.82) is 5.26 Å². The van der Waals surface area contributed by atoms with Gasteiger partial charge in [0.25, 0.3) is 0 Å². The van der Waals surface area contributed by atoms with Crippen molar-refractivity contribution >= 4 is 5.97 Å². The highest BCUT2D eigenvalue weighted by Crippen LogP contribution is 2.41. The van der Waals surface area contributed by atoms with Crippen LogP contribution in [-0.4, -0.2) is 17.1 Å². The molecule has 1 heterocycles. The van der Waals surface area contributed by atoms with Gasteiger partial charge < -0.3 is 4.74 Å². The molecular weight excluding hydrogens is 336 g/mol. The van der Waals surface area contributed by atoms with E-state index >= 15 is 0 Å². The molecule has 1 fully saturated rings. The number of nitriles is 1. The molecule has 1 saturated carbocycles. The summed E-state index contributed by atoms with van der Waals surface area (Å²) in [6.07, 6.45) is 14.1. The quantitative estimate of drug-likeness (QED) is 0.374. The standard InChI is InChI=1S/C23H34N2O2/c1-3-5-6-7-8-14-23(18-24)15-12-20(13-16-23)27-22(26)21-11-10-19(9-4-2)17-25-21/h10-11,17,20H,3-9,12-16H2,1-2H3. The molecule has 0 aliphatic heterocycles. The summed E-state index contributed by atoms with van der Waals surface area (Å²) in [6.45, 7) is 4.34. The van der Waals surface area contributed by atoms with Gasteiger partial charge in [0.05, 0.1) is 11.5 Å². The Morgan fingerprint density at radius 1 is 1.19 bits per heavy atom. The van der Waals surface area contributed by atoms with Gasteiger partial charge in [0.2, 0.25) is 0 Å². The number of hydrogen-bond acceptors (Lipinski definition) is 4. The Balaban J connectivity index is 1.78. The number of aromatic nitrogens is 1. The zero-order valence-corrected chi connectivity index (χ0v) is 17.0. The molecule has 1 aliphatic rings. The number of esters is 1. The topological polar surface area (TPSA) is 63.0 Å². The largest absolute Gasteiger partial charge is 0.458 e. The van der Waals surface area contributed by atoms with E-state index in [1.165, 1.54) is 25.7 Å². The summed E-state index contributed by atoms with van der Waals surface area (Å²) in [7, 11) is 0. The number of hydrogen-bond donors (Lipinski definition) is 0. The number of nitrogens with zero attached hydrogens (tertiary/aromatic N) is 2. The minimum atomic E-state index is -0.341. The summed E-state index contributed by atoms with van der Waals surface area (Å²) >= 11 is 0. The van der Waals surface area contributed by atoms with Crippen molar-refractivity contribution in [2.45, 2.75) is 97.0 Å². The lowest BCUT2D eigenvalue weighted by molar-refractivity contribution is 0.00986. The first-order valence-corrected chi connectivity index (χ1v) is 10.7. The van der Waals surface area contributed by atoms with E-state index in [0.717, 1.165) is 56.9 Å². The SMILES string of the molecule is CCCCCCCC1(C#N)CCC(OC(=O)c2ccc(CCC)cn2)CC1. The summed E-state index contributed by atoms with van der Waals surface area (Å²) < 4.78 is 5.66. The first-order valence-electron chi connectivity index (χ1n) is 10.7. The van der Waals surface area contributed by atoms with Gasteiger partial charge in [-0.1, -0.05) is 58.4 Å². The zero-order valence-electron chi connectivity index (χ0n) is 17.0. The third kappa shape index (κ3) is 6.65. The lowest BCUT2D eigenvalue weighted by Crippen LogP contribution is -2.31. The van der Waals surface area contributed by atoms with Crippen LogP contribution >= 0.6 is 0 Å². The summed E-state index contributed by atoms with van der Waals surface area (Å²) in [5.74, 6) is -0.341. The minimum absolute atomic E-state index is 0.0869. The highest BCUT2D eigenvalue weighted by atomic mass is 16.5. The molecule has 4 heteroatoms. The Labute approximate surface area is 164 Å². The van der Waals surface area contributed by atoms with Crippen LogP contribution in [-0.2, 0) is 11.2 Å². The second-order valence-electron chi connectivity index (χ2n) is 7.96. The summed E-state index contributed by atoms with van der Waals surface area (Å²) in [5.41, 5.74) is 1.31. The highest BCUT2D eigenvalue weighted by molar-refractivity contribution is 5.87. The number of aryl methyl sites for hydroxylation is 1. The Hall–Kier alpha value is -1.89. The number of carbonyl (C=O) groups is 1. The second kappa shape index (κ2) is 11.1. The molecule has 0 bridgehead atoms. The molecule has 2 rings (SSSR count). The van der Waals surface area contributed by atoms with Gasteiger partial charge in [0.1, 0.15) is 11.8 Å². The molecule has 0 atom stereocenters. The first-order chi connectivity index (χ1) is 13.1. The molecule has 1 aliphatic carbocycles. The third-order valence-electron chi connectivity index (χ3n) is 5.73. The van der Waals surface area contributed by atoms with Crippen molar-refractivity contribution in [1.82, 2.24) is 4.98 Å². The highest BCUT2D eigenvalue weighted by Gasteiger charge is 2.36. The van der Waals surface area contributed by atoms with E-state index in [4.69, 9.17) is 4.74 Å². The van der Waals surface area contributed by atoms with E-state index < -0.39 is 0 Å². The van der Waals surface area contributed by atoms with Crippen LogP contribution in [0.5, 0.6) is 0 Å². The summed E-state index contributed by atoms with van der Waals surface area (Å²) in [6, 6.07) is 6.29. The molecule has 0 spiro atoms. The number of ether oxygens (including phenoxy) is 1. The average molecular weight is 371 g/mol. The van der Waals surface area contributed by atoms with Crippen molar-refractivity contribution in [3.63, 3.8) is 0 Å². The van der Waals surface area contributed by atoms with Gasteiger partial charge in [-0.05, 0) is 50.2 Å². The van der Waals surface area contributed by atoms with Crippen molar-refractivity contribution in [2.24, 2.45) is 5.41 Å². The number of carbonyl (C=O) groups excluding carboxylic acids is 1. The fraction of sp³-hybridized carbons (Fsp3) is 0.696. The predicted molar refractivity (Wildman–Crippen MR) is 107 cm³/mol. The fourth-order valence-corrected chi connectivity index (χ4v) is 3.94. The van der Waals surface area contributed by atoms with Crippen molar-refractivity contribution < 1.29 is 9.53 Å². The van der Waals surface area contributed by atoms with Crippen LogP contribution in [0, 0.1) is 16.7 Å². The van der Waals surface area contributed by atoms with Gasteiger partial charge in [-0.3, -0.25) is 0 Å². The van der Waals surface area contributed by atoms with Gasteiger partial charge in [0, 0.05) is 6.20 Å². The normalized spacial score (nSPS) is 22.2. The molecule has 1 aromatic heterocycles. The van der Waals surface area contributed by atoms with Crippen LogP contribution in [0.2, 0.25) is 0 Å². The average Bonchev–Trinajstić information content (AvgIpc) is 2.70. The van der Waals surface area contributed by atoms with Gasteiger partial charge in [-0.15, -0.1) is 0 Å². The van der Waals surface area contributed by atoms with Crippen molar-refractivity contribution in [3.05, 3.63) is 29.6 Å². The Kier molecular flexibility index (Phi) is 8.78. The maximum Gasteiger partial charge on any atom is 0.357 e. The second-order valence-corrected chi connectivity index (χ2v) is 7.96. The monoisotopic (exact) mass is 370 g/mol. The molecule has 1 aromatic rings. The maximum atomic E-state index is 12.3. The summed E-state index contributed by atoms with van der Waals surface area (Å²) in [5, 5.41) is 9.69. The van der Waals surface area contributed by atoms with Gasteiger partial charge >= 0.3 is 5.97 Å². The molecular formula is C23H34N2O2. The number of pyridine rings is 1. The van der Waals surface area contributed by atoms with Gasteiger partial charge in [-0.25, -0.2) is 9.78 Å². The van der Waals surface area contributed by atoms with E-state index in [1.807, 2.05) is 6.07 Å². The first kappa shape index (κ1) is 21.4. The summed E-state index contributed by atoms with van der Waals surface area (Å²) in [4.78, 5) is 16.6. The lowest BCUT2D eigenvalue weighted by Gasteiger charge is -2.34. The Morgan fingerprint density at radius 2 is 1.93 bits per heavy atom. The minimum Gasteiger partial charge on any atom is -0.458 e. The molecule has 0 amide bonds. The van der Waals surface area contributed by atoms with Gasteiger partial charge in [0.15, 0.2) is 0 Å². The maximum absolute atomic E-state index is 12.3. The smallest absolute Gasteiger partial charge is 0.357 e. The van der Waals surface area contributed by atoms with Crippen molar-refractivity contribution in [3.8, 4) is 6.07 Å². The van der Waals surface area contributed by atoms with E-state index in [0.29, 0.717) is 5.69 Å². The number of rotatable bonds is 10. The third-order valence-corrected chi connectivity index (χ3v) is 5.73. The zero-order chi connectivity index (χ0) is 19.5. The molecule has 0 saturated heterocycles. The van der Waals surface area contributed by atoms with Crippen LogP contribution in [0.3, 0.4) is 0 Å². The van der Waals surface area contributed by atoms with Crippen LogP contribution in [0.1, 0.15) is 101 Å². The van der Waals surface area contributed by atoms with E-state index in [1.54, 1.807) is 12.3 Å². The van der Waals surface area contributed by atoms with Crippen LogP contribution in [0.4, 0.5) is 0 Å². The molecule has 4 nitrogen and oxygen atoms in total. The van der Waals surface area contributed by atoms with Crippen LogP contribution in [0.25, 0.3) is 0 Å². The molecule has 148 valence electrons. The fourth-order valence-electron chi connectivity index (χ4n) is 3.94. The number of unbranched alkanes of at least 4 members (excludes halogenated alkanes) is 4. The molecule has 27 heavy (non-hydrogen) atoms.